The van der Waals surface area contributed by atoms with E-state index in [9.17, 15) is 22.7 Å². The lowest BCUT2D eigenvalue weighted by molar-refractivity contribution is -0.274. The Hall–Kier alpha value is -3.48. The van der Waals surface area contributed by atoms with Gasteiger partial charge in [0.2, 0.25) is 0 Å². The van der Waals surface area contributed by atoms with Crippen LogP contribution in [0.25, 0.3) is 22.2 Å². The number of fused-ring (bicyclic) bond motifs is 4. The zero-order chi connectivity index (χ0) is 29.2. The predicted octanol–water partition coefficient (Wildman–Crippen LogP) is 5.63. The lowest BCUT2D eigenvalue weighted by atomic mass is 9.95. The van der Waals surface area contributed by atoms with Crippen LogP contribution in [0.1, 0.15) is 38.5 Å². The first-order valence-electron chi connectivity index (χ1n) is 14.3. The van der Waals surface area contributed by atoms with Crippen LogP contribution in [0.15, 0.2) is 24.4 Å². The first-order chi connectivity index (χ1) is 20.1. The Bertz CT molecular complexity index is 1510. The van der Waals surface area contributed by atoms with Crippen LogP contribution < -0.4 is 14.4 Å². The van der Waals surface area contributed by atoms with E-state index in [4.69, 9.17) is 4.74 Å². The van der Waals surface area contributed by atoms with E-state index in [0.29, 0.717) is 30.6 Å². The average Bonchev–Trinajstić information content (AvgIpc) is 3.58. The molecule has 1 N–H and O–H groups in total. The molecule has 1 aromatic carbocycles. The van der Waals surface area contributed by atoms with Gasteiger partial charge in [0.25, 0.3) is 0 Å². The maximum Gasteiger partial charge on any atom is 0.573 e. The number of alkyl halides is 4. The zero-order valence-electron chi connectivity index (χ0n) is 22.7. The molecule has 3 saturated heterocycles. The van der Waals surface area contributed by atoms with Crippen molar-refractivity contribution in [3.05, 3.63) is 30.2 Å². The fourth-order valence-electron chi connectivity index (χ4n) is 7.50. The number of benzene rings is 1. The van der Waals surface area contributed by atoms with Gasteiger partial charge in [-0.1, -0.05) is 6.07 Å². The van der Waals surface area contributed by atoms with Gasteiger partial charge in [-0.3, -0.25) is 9.88 Å². The van der Waals surface area contributed by atoms with E-state index in [1.165, 1.54) is 6.20 Å². The number of phenols is 1. The number of aromatic hydroxyl groups is 1. The Kier molecular flexibility index (Phi) is 6.55. The van der Waals surface area contributed by atoms with Crippen molar-refractivity contribution < 1.29 is 36.5 Å². The first-order valence-corrected chi connectivity index (χ1v) is 14.3. The number of hydrogen-bond donors (Lipinski definition) is 1. The number of anilines is 1. The highest BCUT2D eigenvalue weighted by Gasteiger charge is 2.49. The summed E-state index contributed by atoms with van der Waals surface area (Å²) in [5, 5.41) is 10.8. The van der Waals surface area contributed by atoms with E-state index in [1.807, 2.05) is 0 Å². The van der Waals surface area contributed by atoms with Gasteiger partial charge in [-0.15, -0.1) is 13.2 Å². The SMILES string of the molecule is Oc1cccc(OC(F)(F)F)c1-c1ncc2c(N3CC4CCC(C4)C3)nc(OC[C@@]34CCCN3C[C@H](F)C4)nc2c1F. The molecule has 0 spiro atoms. The van der Waals surface area contributed by atoms with E-state index in [2.05, 4.69) is 29.5 Å². The van der Waals surface area contributed by atoms with Gasteiger partial charge in [-0.2, -0.15) is 9.97 Å². The van der Waals surface area contributed by atoms with Gasteiger partial charge in [0, 0.05) is 32.3 Å². The Morgan fingerprint density at radius 3 is 2.64 bits per heavy atom. The van der Waals surface area contributed by atoms with Gasteiger partial charge in [0.1, 0.15) is 41.3 Å². The van der Waals surface area contributed by atoms with Crippen LogP contribution in [0.3, 0.4) is 0 Å². The summed E-state index contributed by atoms with van der Waals surface area (Å²) in [5.74, 6) is -1.09. The number of aromatic nitrogens is 3. The summed E-state index contributed by atoms with van der Waals surface area (Å²) in [7, 11) is 0. The molecule has 7 rings (SSSR count). The van der Waals surface area contributed by atoms with E-state index >= 15 is 4.39 Å². The number of rotatable bonds is 6. The van der Waals surface area contributed by atoms with Crippen LogP contribution in [-0.4, -0.2) is 75.8 Å². The highest BCUT2D eigenvalue weighted by atomic mass is 19.4. The molecule has 1 saturated carbocycles. The van der Waals surface area contributed by atoms with Crippen molar-refractivity contribution >= 4 is 16.7 Å². The van der Waals surface area contributed by atoms with Crippen molar-refractivity contribution in [2.75, 3.05) is 37.7 Å². The minimum absolute atomic E-state index is 0.0981. The molecule has 42 heavy (non-hydrogen) atoms. The van der Waals surface area contributed by atoms with Gasteiger partial charge < -0.3 is 19.5 Å². The number of halogens is 5. The Morgan fingerprint density at radius 1 is 1.10 bits per heavy atom. The number of nitrogens with zero attached hydrogens (tertiary/aromatic N) is 5. The number of ether oxygens (including phenoxy) is 2. The normalized spacial score (nSPS) is 27.5. The Balaban J connectivity index is 1.32. The quantitative estimate of drug-likeness (QED) is 0.370. The second-order valence-corrected chi connectivity index (χ2v) is 12.0. The van der Waals surface area contributed by atoms with Crippen LogP contribution in [-0.2, 0) is 0 Å². The highest BCUT2D eigenvalue weighted by molar-refractivity contribution is 5.93. The average molecular weight is 592 g/mol. The van der Waals surface area contributed by atoms with E-state index in [1.54, 1.807) is 0 Å². The molecule has 2 bridgehead atoms. The van der Waals surface area contributed by atoms with Gasteiger partial charge >= 0.3 is 12.4 Å². The lowest BCUT2D eigenvalue weighted by Crippen LogP contribution is -2.43. The van der Waals surface area contributed by atoms with Crippen molar-refractivity contribution in [1.29, 1.82) is 0 Å². The summed E-state index contributed by atoms with van der Waals surface area (Å²) in [6.07, 6.45) is 0.623. The third-order valence-electron chi connectivity index (χ3n) is 9.25. The molecule has 3 aromatic rings. The molecular formula is C29H30F5N5O3. The predicted molar refractivity (Wildman–Crippen MR) is 143 cm³/mol. The third kappa shape index (κ3) is 4.84. The molecule has 4 aliphatic rings. The number of pyridine rings is 1. The van der Waals surface area contributed by atoms with Crippen molar-refractivity contribution in [1.82, 2.24) is 19.9 Å². The lowest BCUT2D eigenvalue weighted by Gasteiger charge is -2.34. The summed E-state index contributed by atoms with van der Waals surface area (Å²) in [6, 6.07) is 3.16. The summed E-state index contributed by atoms with van der Waals surface area (Å²) >= 11 is 0. The molecule has 13 heteroatoms. The van der Waals surface area contributed by atoms with Crippen molar-refractivity contribution in [3.63, 3.8) is 0 Å². The molecule has 8 nitrogen and oxygen atoms in total. The Labute approximate surface area is 238 Å². The fourth-order valence-corrected chi connectivity index (χ4v) is 7.50. The van der Waals surface area contributed by atoms with Crippen LogP contribution >= 0.6 is 0 Å². The van der Waals surface area contributed by atoms with Crippen molar-refractivity contribution in [3.8, 4) is 28.8 Å². The second-order valence-electron chi connectivity index (χ2n) is 12.0. The van der Waals surface area contributed by atoms with Gasteiger partial charge in [0.15, 0.2) is 5.82 Å². The standard InChI is InChI=1S/C29H30F5N5O3/c30-18-10-28(7-2-8-39(28)14-18)15-41-27-36-24-19(26(37-27)38-12-16-5-6-17(9-16)13-38)11-35-25(23(24)31)22-20(40)3-1-4-21(22)42-29(32,33)34/h1,3-4,11,16-18,40H,2,5-10,12-15H2/t16?,17?,18-,28+/m1/s1. The molecule has 224 valence electrons. The highest BCUT2D eigenvalue weighted by Crippen LogP contribution is 2.44. The first kappa shape index (κ1) is 27.4. The third-order valence-corrected chi connectivity index (χ3v) is 9.25. The monoisotopic (exact) mass is 591 g/mol. The van der Waals surface area contributed by atoms with Crippen LogP contribution in [0.2, 0.25) is 0 Å². The summed E-state index contributed by atoms with van der Waals surface area (Å²) in [6.45, 7) is 2.69. The number of piperidine rings is 1. The smallest absolute Gasteiger partial charge is 0.507 e. The minimum atomic E-state index is -5.08. The van der Waals surface area contributed by atoms with Crippen molar-refractivity contribution in [2.45, 2.75) is 56.6 Å². The Morgan fingerprint density at radius 2 is 1.88 bits per heavy atom. The number of phenolic OH excluding ortho intramolecular Hbond substituents is 1. The summed E-state index contributed by atoms with van der Waals surface area (Å²) < 4.78 is 80.3. The maximum absolute atomic E-state index is 16.3. The number of hydrogen-bond acceptors (Lipinski definition) is 8. The minimum Gasteiger partial charge on any atom is -0.507 e. The van der Waals surface area contributed by atoms with E-state index in [0.717, 1.165) is 69.9 Å². The van der Waals surface area contributed by atoms with Crippen LogP contribution in [0, 0.1) is 17.7 Å². The largest absolute Gasteiger partial charge is 0.573 e. The fraction of sp³-hybridized carbons (Fsp3) is 0.552. The molecular weight excluding hydrogens is 561 g/mol. The van der Waals surface area contributed by atoms with E-state index < -0.39 is 46.6 Å². The molecule has 0 radical (unpaired) electrons. The molecule has 1 aliphatic carbocycles. The van der Waals surface area contributed by atoms with Crippen LogP contribution in [0.5, 0.6) is 17.5 Å². The molecule has 3 aliphatic heterocycles. The zero-order valence-corrected chi connectivity index (χ0v) is 22.7. The summed E-state index contributed by atoms with van der Waals surface area (Å²) in [4.78, 5) is 17.4. The molecule has 5 heterocycles. The molecule has 2 unspecified atom stereocenters. The molecule has 0 amide bonds. The van der Waals surface area contributed by atoms with E-state index in [-0.39, 0.29) is 23.5 Å². The molecule has 2 aromatic heterocycles. The topological polar surface area (TPSA) is 83.8 Å². The van der Waals surface area contributed by atoms with Crippen LogP contribution in [0.4, 0.5) is 27.8 Å². The summed E-state index contributed by atoms with van der Waals surface area (Å²) in [5.41, 5.74) is -1.78. The maximum atomic E-state index is 16.3. The van der Waals surface area contributed by atoms with Gasteiger partial charge in [-0.05, 0) is 62.6 Å². The second kappa shape index (κ2) is 10.1. The van der Waals surface area contributed by atoms with Gasteiger partial charge in [-0.25, -0.2) is 8.78 Å². The molecule has 4 fully saturated rings. The van der Waals surface area contributed by atoms with Gasteiger partial charge in [0.05, 0.1) is 16.5 Å². The molecule has 4 atom stereocenters. The van der Waals surface area contributed by atoms with Crippen molar-refractivity contribution in [2.24, 2.45) is 11.8 Å².